The maximum atomic E-state index is 4.35. The Morgan fingerprint density at radius 1 is 0.864 bits per heavy atom. The second-order valence-corrected chi connectivity index (χ2v) is 11.6. The minimum Gasteiger partial charge on any atom is -0.381 e. The average Bonchev–Trinajstić information content (AvgIpc) is 3.29. The van der Waals surface area contributed by atoms with Gasteiger partial charge in [-0.1, -0.05) is 129 Å². The van der Waals surface area contributed by atoms with Crippen LogP contribution in [0.5, 0.6) is 0 Å². The van der Waals surface area contributed by atoms with Crippen molar-refractivity contribution in [2.75, 3.05) is 0 Å². The molecule has 0 aliphatic heterocycles. The van der Waals surface area contributed by atoms with Crippen LogP contribution >= 0.6 is 0 Å². The molecule has 0 bridgehead atoms. The minimum absolute atomic E-state index is 0.171. The zero-order valence-corrected chi connectivity index (χ0v) is 28.6. The van der Waals surface area contributed by atoms with Crippen LogP contribution in [0.1, 0.15) is 69.4 Å². The van der Waals surface area contributed by atoms with E-state index in [-0.39, 0.29) is 5.92 Å². The molecule has 2 aromatic rings. The van der Waals surface area contributed by atoms with Crippen molar-refractivity contribution in [2.24, 2.45) is 5.92 Å². The minimum atomic E-state index is 0.171. The maximum Gasteiger partial charge on any atom is 0.0400 e. The maximum absolute atomic E-state index is 4.35. The molecule has 0 amide bonds. The first-order chi connectivity index (χ1) is 20.8. The highest BCUT2D eigenvalue weighted by Gasteiger charge is 2.26. The summed E-state index contributed by atoms with van der Waals surface area (Å²) >= 11 is 0. The normalized spacial score (nSPS) is 13.8. The number of hydrogen-bond donors (Lipinski definition) is 1. The molecule has 0 radical (unpaired) electrons. The quantitative estimate of drug-likeness (QED) is 0.193. The molecule has 0 fully saturated rings. The molecule has 44 heavy (non-hydrogen) atoms. The lowest BCUT2D eigenvalue weighted by atomic mass is 9.85. The van der Waals surface area contributed by atoms with Gasteiger partial charge >= 0.3 is 0 Å². The summed E-state index contributed by atoms with van der Waals surface area (Å²) in [5, 5.41) is 3.51. The van der Waals surface area contributed by atoms with Gasteiger partial charge in [0.25, 0.3) is 0 Å². The van der Waals surface area contributed by atoms with Gasteiger partial charge in [-0.15, -0.1) is 13.2 Å². The van der Waals surface area contributed by atoms with E-state index in [0.717, 1.165) is 46.4 Å². The first-order valence-electron chi connectivity index (χ1n) is 15.3. The Hall–Kier alpha value is -4.36. The van der Waals surface area contributed by atoms with Gasteiger partial charge in [0.1, 0.15) is 0 Å². The van der Waals surface area contributed by atoms with Crippen LogP contribution < -0.4 is 5.32 Å². The summed E-state index contributed by atoms with van der Waals surface area (Å²) in [6.45, 7) is 45.9. The Labute approximate surface area is 269 Å². The van der Waals surface area contributed by atoms with Gasteiger partial charge in [-0.3, -0.25) is 0 Å². The Bertz CT molecular complexity index is 1480. The number of rotatable bonds is 12. The molecule has 0 heterocycles. The van der Waals surface area contributed by atoms with E-state index in [4.69, 9.17) is 0 Å². The lowest BCUT2D eigenvalue weighted by Crippen LogP contribution is -2.19. The molecule has 3 rings (SSSR count). The van der Waals surface area contributed by atoms with Crippen molar-refractivity contribution in [1.82, 2.24) is 5.32 Å². The van der Waals surface area contributed by atoms with Crippen molar-refractivity contribution in [1.29, 1.82) is 0 Å². The van der Waals surface area contributed by atoms with Crippen molar-refractivity contribution in [2.45, 2.75) is 67.9 Å². The highest BCUT2D eigenvalue weighted by Crippen LogP contribution is 2.39. The average molecular weight is 586 g/mol. The summed E-state index contributed by atoms with van der Waals surface area (Å²) in [6, 6.07) is 15.2. The van der Waals surface area contributed by atoms with Crippen LogP contribution in [0.25, 0.3) is 5.57 Å². The molecule has 0 saturated carbocycles. The molecule has 232 valence electrons. The van der Waals surface area contributed by atoms with Crippen LogP contribution in [0.4, 0.5) is 0 Å². The zero-order valence-electron chi connectivity index (χ0n) is 28.6. The van der Waals surface area contributed by atoms with Gasteiger partial charge in [0.05, 0.1) is 0 Å². The van der Waals surface area contributed by atoms with E-state index in [0.29, 0.717) is 6.54 Å². The van der Waals surface area contributed by atoms with Gasteiger partial charge in [0, 0.05) is 18.2 Å². The van der Waals surface area contributed by atoms with Crippen molar-refractivity contribution < 1.29 is 0 Å². The predicted molar refractivity (Wildman–Crippen MR) is 200 cm³/mol. The van der Waals surface area contributed by atoms with Gasteiger partial charge in [-0.25, -0.2) is 0 Å². The van der Waals surface area contributed by atoms with Crippen LogP contribution in [-0.4, -0.2) is 0 Å². The lowest BCUT2D eigenvalue weighted by molar-refractivity contribution is 0.766. The SMILES string of the molecule is C=C.C=C(C)Cc1ccc(CC)cc1C.C=CC1=C(C)C(/C(=C\C(=C)C(=C)C)C(=C)NCc2ccc(C(=C)C)cc2)C(C)=C1. The molecule has 1 nitrogen and oxygen atoms in total. The smallest absolute Gasteiger partial charge is 0.0400 e. The fourth-order valence-corrected chi connectivity index (χ4v) is 5.02. The lowest BCUT2D eigenvalue weighted by Gasteiger charge is -2.23. The molecule has 1 heteroatoms. The number of hydrogen-bond acceptors (Lipinski definition) is 1. The summed E-state index contributed by atoms with van der Waals surface area (Å²) in [5.74, 6) is 0.171. The Morgan fingerprint density at radius 2 is 1.45 bits per heavy atom. The van der Waals surface area contributed by atoms with Gasteiger partial charge in [-0.05, 0) is 105 Å². The van der Waals surface area contributed by atoms with E-state index in [1.54, 1.807) is 0 Å². The van der Waals surface area contributed by atoms with Crippen molar-refractivity contribution in [3.63, 3.8) is 0 Å². The van der Waals surface area contributed by atoms with E-state index < -0.39 is 0 Å². The third kappa shape index (κ3) is 11.0. The van der Waals surface area contributed by atoms with Crippen LogP contribution in [-0.2, 0) is 19.4 Å². The van der Waals surface area contributed by atoms with Crippen molar-refractivity contribution in [3.8, 4) is 0 Å². The summed E-state index contributed by atoms with van der Waals surface area (Å²) in [4.78, 5) is 0. The highest BCUT2D eigenvalue weighted by molar-refractivity contribution is 5.61. The Balaban J connectivity index is 0.000000537. The number of aryl methyl sites for hydroxylation is 2. The molecule has 0 aromatic heterocycles. The van der Waals surface area contributed by atoms with Crippen molar-refractivity contribution >= 4 is 5.57 Å². The van der Waals surface area contributed by atoms with E-state index in [9.17, 15) is 0 Å². The van der Waals surface area contributed by atoms with E-state index in [1.807, 2.05) is 19.9 Å². The van der Waals surface area contributed by atoms with Crippen LogP contribution in [0, 0.1) is 12.8 Å². The van der Waals surface area contributed by atoms with Gasteiger partial charge < -0.3 is 5.32 Å². The molecule has 1 N–H and O–H groups in total. The van der Waals surface area contributed by atoms with E-state index >= 15 is 0 Å². The van der Waals surface area contributed by atoms with Crippen LogP contribution in [0.3, 0.4) is 0 Å². The first kappa shape index (κ1) is 37.7. The summed E-state index contributed by atoms with van der Waals surface area (Å²) in [7, 11) is 0. The van der Waals surface area contributed by atoms with Crippen LogP contribution in [0.15, 0.2) is 158 Å². The molecular weight excluding hydrogens is 530 g/mol. The molecule has 1 unspecified atom stereocenters. The standard InChI is InChI=1S/C28H33N.C13H18.C2H4/c1-10-25-15-21(7)28(22(25)8)27(16-20(6)18(2)3)23(9)29-17-24-11-13-26(14-12-24)19(4)5;1-5-12-6-7-13(8-10(2)3)11(4)9-12;1-2/h10-16,28-29H,1-2,4,6,9,17H2,3,5,7-8H3;6-7,9H,2,5,8H2,1,3-4H3;1-2H2/b27-16-;;. The second kappa shape index (κ2) is 18.3. The topological polar surface area (TPSA) is 12.0 Å². The largest absolute Gasteiger partial charge is 0.381 e. The third-order valence-electron chi connectivity index (χ3n) is 7.74. The number of nitrogens with one attached hydrogen (secondary N) is 1. The molecule has 0 spiro atoms. The predicted octanol–water partition coefficient (Wildman–Crippen LogP) is 11.9. The first-order valence-corrected chi connectivity index (χ1v) is 15.3. The van der Waals surface area contributed by atoms with Crippen molar-refractivity contribution in [3.05, 3.63) is 186 Å². The summed E-state index contributed by atoms with van der Waals surface area (Å²) in [5.41, 5.74) is 16.5. The van der Waals surface area contributed by atoms with Crippen LogP contribution in [0.2, 0.25) is 0 Å². The van der Waals surface area contributed by atoms with Gasteiger partial charge in [0.15, 0.2) is 0 Å². The monoisotopic (exact) mass is 585 g/mol. The molecular formula is C43H55N. The molecule has 0 saturated heterocycles. The molecule has 2 aromatic carbocycles. The van der Waals surface area contributed by atoms with E-state index in [2.05, 4.69) is 147 Å². The molecule has 1 aliphatic carbocycles. The molecule has 1 atom stereocenters. The summed E-state index contributed by atoms with van der Waals surface area (Å²) in [6.07, 6.45) is 8.36. The van der Waals surface area contributed by atoms with Gasteiger partial charge in [0.2, 0.25) is 0 Å². The summed E-state index contributed by atoms with van der Waals surface area (Å²) < 4.78 is 0. The number of allylic oxidation sites excluding steroid dienone is 11. The zero-order chi connectivity index (χ0) is 33.6. The van der Waals surface area contributed by atoms with E-state index in [1.165, 1.54) is 44.5 Å². The fourth-order valence-electron chi connectivity index (χ4n) is 5.02. The Morgan fingerprint density at radius 3 is 1.91 bits per heavy atom. The third-order valence-corrected chi connectivity index (χ3v) is 7.74. The van der Waals surface area contributed by atoms with Gasteiger partial charge in [-0.2, -0.15) is 0 Å². The fraction of sp³-hybridized carbons (Fsp3) is 0.256. The highest BCUT2D eigenvalue weighted by atomic mass is 14.9. The number of benzene rings is 2. The molecule has 1 aliphatic rings. The Kier molecular flexibility index (Phi) is 15.7. The second-order valence-electron chi connectivity index (χ2n) is 11.6.